The molecule has 0 spiro atoms. The van der Waals surface area contributed by atoms with Crippen LogP contribution in [-0.2, 0) is 4.79 Å². The lowest BCUT2D eigenvalue weighted by molar-refractivity contribution is -0.111. The first-order chi connectivity index (χ1) is 7.11. The Morgan fingerprint density at radius 2 is 1.80 bits per heavy atom. The molecule has 1 amide bonds. The first kappa shape index (κ1) is 11.3. The summed E-state index contributed by atoms with van der Waals surface area (Å²) >= 11 is 0. The van der Waals surface area contributed by atoms with Crippen molar-refractivity contribution < 1.29 is 4.79 Å². The van der Waals surface area contributed by atoms with Crippen LogP contribution in [0.2, 0.25) is 0 Å². The van der Waals surface area contributed by atoms with Crippen LogP contribution >= 0.6 is 0 Å². The minimum Gasteiger partial charge on any atom is -0.383 e. The lowest BCUT2D eigenvalue weighted by Crippen LogP contribution is -2.10. The van der Waals surface area contributed by atoms with Crippen molar-refractivity contribution in [2.75, 3.05) is 10.6 Å². The van der Waals surface area contributed by atoms with E-state index in [1.54, 1.807) is 0 Å². The highest BCUT2D eigenvalue weighted by Gasteiger charge is 1.98. The average Bonchev–Trinajstić information content (AvgIpc) is 2.20. The maximum Gasteiger partial charge on any atom is 0.247 e. The van der Waals surface area contributed by atoms with Crippen molar-refractivity contribution >= 4 is 17.3 Å². The number of hydrogen-bond donors (Lipinski definition) is 2. The molecule has 0 aliphatic heterocycles. The molecule has 1 rings (SSSR count). The Balaban J connectivity index is 2.63. The summed E-state index contributed by atoms with van der Waals surface area (Å²) < 4.78 is 0. The third kappa shape index (κ3) is 3.85. The van der Waals surface area contributed by atoms with Gasteiger partial charge >= 0.3 is 0 Å². The van der Waals surface area contributed by atoms with Crippen LogP contribution in [0, 0.1) is 0 Å². The average molecular weight is 204 g/mol. The van der Waals surface area contributed by atoms with E-state index in [1.165, 1.54) is 6.08 Å². The maximum absolute atomic E-state index is 11.0. The highest BCUT2D eigenvalue weighted by molar-refractivity contribution is 5.98. The number of anilines is 2. The number of rotatable bonds is 4. The van der Waals surface area contributed by atoms with Crippen LogP contribution in [0.5, 0.6) is 0 Å². The molecule has 80 valence electrons. The molecule has 0 saturated carbocycles. The Morgan fingerprint density at radius 1 is 1.27 bits per heavy atom. The number of carbonyl (C=O) groups is 1. The SMILES string of the molecule is C=CC(=O)Nc1ccc(NC(C)C)cc1. The van der Waals surface area contributed by atoms with Crippen LogP contribution in [-0.4, -0.2) is 11.9 Å². The van der Waals surface area contributed by atoms with Gasteiger partial charge in [-0.25, -0.2) is 0 Å². The van der Waals surface area contributed by atoms with Gasteiger partial charge in [-0.3, -0.25) is 4.79 Å². The van der Waals surface area contributed by atoms with E-state index in [1.807, 2.05) is 24.3 Å². The molecule has 3 nitrogen and oxygen atoms in total. The minimum absolute atomic E-state index is 0.195. The molecule has 0 aliphatic carbocycles. The van der Waals surface area contributed by atoms with Gasteiger partial charge in [0, 0.05) is 17.4 Å². The lowest BCUT2D eigenvalue weighted by Gasteiger charge is -2.10. The molecule has 0 atom stereocenters. The summed E-state index contributed by atoms with van der Waals surface area (Å²) in [6.07, 6.45) is 1.25. The molecule has 0 saturated heterocycles. The van der Waals surface area contributed by atoms with Crippen molar-refractivity contribution in [2.24, 2.45) is 0 Å². The van der Waals surface area contributed by atoms with Gasteiger partial charge in [-0.1, -0.05) is 6.58 Å². The molecule has 2 N–H and O–H groups in total. The lowest BCUT2D eigenvalue weighted by atomic mass is 10.2. The van der Waals surface area contributed by atoms with Gasteiger partial charge in [0.05, 0.1) is 0 Å². The predicted octanol–water partition coefficient (Wildman–Crippen LogP) is 2.63. The van der Waals surface area contributed by atoms with E-state index in [0.29, 0.717) is 6.04 Å². The van der Waals surface area contributed by atoms with Crippen LogP contribution < -0.4 is 10.6 Å². The molecular weight excluding hydrogens is 188 g/mol. The van der Waals surface area contributed by atoms with Crippen molar-refractivity contribution in [3.05, 3.63) is 36.9 Å². The van der Waals surface area contributed by atoms with E-state index in [0.717, 1.165) is 11.4 Å². The zero-order chi connectivity index (χ0) is 11.3. The second-order valence-electron chi connectivity index (χ2n) is 3.57. The van der Waals surface area contributed by atoms with Crippen LogP contribution in [0.25, 0.3) is 0 Å². The zero-order valence-electron chi connectivity index (χ0n) is 9.08. The fourth-order valence-electron chi connectivity index (χ4n) is 1.18. The number of nitrogens with one attached hydrogen (secondary N) is 2. The monoisotopic (exact) mass is 204 g/mol. The minimum atomic E-state index is -0.195. The second-order valence-corrected chi connectivity index (χ2v) is 3.57. The zero-order valence-corrected chi connectivity index (χ0v) is 9.08. The molecular formula is C12H16N2O. The summed E-state index contributed by atoms with van der Waals surface area (Å²) in [5, 5.41) is 5.95. The Morgan fingerprint density at radius 3 is 2.27 bits per heavy atom. The highest BCUT2D eigenvalue weighted by Crippen LogP contribution is 2.14. The first-order valence-corrected chi connectivity index (χ1v) is 4.92. The largest absolute Gasteiger partial charge is 0.383 e. The molecule has 0 aliphatic rings. The Hall–Kier alpha value is -1.77. The summed E-state index contributed by atoms with van der Waals surface area (Å²) in [6, 6.07) is 7.97. The smallest absolute Gasteiger partial charge is 0.247 e. The standard InChI is InChI=1S/C12H16N2O/c1-4-12(15)14-11-7-5-10(6-8-11)13-9(2)3/h4-9,13H,1H2,2-3H3,(H,14,15). The fraction of sp³-hybridized carbons (Fsp3) is 0.250. The van der Waals surface area contributed by atoms with E-state index in [9.17, 15) is 4.79 Å². The van der Waals surface area contributed by atoms with Gasteiger partial charge in [-0.15, -0.1) is 0 Å². The fourth-order valence-corrected chi connectivity index (χ4v) is 1.18. The number of carbonyl (C=O) groups excluding carboxylic acids is 1. The molecule has 0 bridgehead atoms. The third-order valence-corrected chi connectivity index (χ3v) is 1.79. The van der Waals surface area contributed by atoms with Crippen molar-refractivity contribution in [1.29, 1.82) is 0 Å². The Kier molecular flexibility index (Phi) is 3.92. The molecule has 0 heterocycles. The van der Waals surface area contributed by atoms with Crippen molar-refractivity contribution in [2.45, 2.75) is 19.9 Å². The maximum atomic E-state index is 11.0. The van der Waals surface area contributed by atoms with Crippen LogP contribution in [0.3, 0.4) is 0 Å². The van der Waals surface area contributed by atoms with Gasteiger partial charge in [0.25, 0.3) is 0 Å². The number of hydrogen-bond acceptors (Lipinski definition) is 2. The van der Waals surface area contributed by atoms with E-state index < -0.39 is 0 Å². The summed E-state index contributed by atoms with van der Waals surface area (Å²) in [5.74, 6) is -0.195. The van der Waals surface area contributed by atoms with Gasteiger partial charge in [-0.2, -0.15) is 0 Å². The molecule has 1 aromatic carbocycles. The normalized spacial score (nSPS) is 9.80. The van der Waals surface area contributed by atoms with Gasteiger partial charge in [-0.05, 0) is 44.2 Å². The second kappa shape index (κ2) is 5.20. The summed E-state index contributed by atoms with van der Waals surface area (Å²) in [4.78, 5) is 11.0. The summed E-state index contributed by atoms with van der Waals surface area (Å²) in [6.45, 7) is 7.54. The number of amides is 1. The highest BCUT2D eigenvalue weighted by atomic mass is 16.1. The Bertz CT molecular complexity index is 341. The first-order valence-electron chi connectivity index (χ1n) is 4.92. The van der Waals surface area contributed by atoms with Gasteiger partial charge in [0.15, 0.2) is 0 Å². The van der Waals surface area contributed by atoms with Crippen molar-refractivity contribution in [3.8, 4) is 0 Å². The van der Waals surface area contributed by atoms with Crippen molar-refractivity contribution in [1.82, 2.24) is 0 Å². The van der Waals surface area contributed by atoms with Gasteiger partial charge < -0.3 is 10.6 Å². The van der Waals surface area contributed by atoms with E-state index in [-0.39, 0.29) is 5.91 Å². The molecule has 1 aromatic rings. The summed E-state index contributed by atoms with van der Waals surface area (Å²) in [5.41, 5.74) is 1.82. The van der Waals surface area contributed by atoms with E-state index >= 15 is 0 Å². The molecule has 0 aromatic heterocycles. The van der Waals surface area contributed by atoms with Crippen molar-refractivity contribution in [3.63, 3.8) is 0 Å². The van der Waals surface area contributed by atoms with Crippen LogP contribution in [0.4, 0.5) is 11.4 Å². The molecule has 3 heteroatoms. The summed E-state index contributed by atoms with van der Waals surface area (Å²) in [7, 11) is 0. The van der Waals surface area contributed by atoms with E-state index in [2.05, 4.69) is 31.1 Å². The topological polar surface area (TPSA) is 41.1 Å². The van der Waals surface area contributed by atoms with Crippen LogP contribution in [0.1, 0.15) is 13.8 Å². The van der Waals surface area contributed by atoms with Gasteiger partial charge in [0.1, 0.15) is 0 Å². The predicted molar refractivity (Wildman–Crippen MR) is 64.0 cm³/mol. The molecule has 15 heavy (non-hydrogen) atoms. The third-order valence-electron chi connectivity index (χ3n) is 1.79. The molecule has 0 radical (unpaired) electrons. The number of benzene rings is 1. The Labute approximate surface area is 90.2 Å². The quantitative estimate of drug-likeness (QED) is 0.740. The van der Waals surface area contributed by atoms with Crippen LogP contribution in [0.15, 0.2) is 36.9 Å². The van der Waals surface area contributed by atoms with Gasteiger partial charge in [0.2, 0.25) is 5.91 Å². The van der Waals surface area contributed by atoms with E-state index in [4.69, 9.17) is 0 Å². The molecule has 0 unspecified atom stereocenters. The molecule has 0 fully saturated rings.